The maximum atomic E-state index is 6.01. The zero-order chi connectivity index (χ0) is 13.7. The fraction of sp³-hybridized carbons (Fsp3) is 0.625. The van der Waals surface area contributed by atoms with Gasteiger partial charge in [0, 0.05) is 0 Å². The molecule has 1 heterocycles. The van der Waals surface area contributed by atoms with Crippen molar-refractivity contribution in [3.8, 4) is 0 Å². The third-order valence-electron chi connectivity index (χ3n) is 3.51. The summed E-state index contributed by atoms with van der Waals surface area (Å²) in [6, 6.07) is 8.29. The van der Waals surface area contributed by atoms with Gasteiger partial charge in [-0.2, -0.15) is 0 Å². The van der Waals surface area contributed by atoms with E-state index in [1.807, 2.05) is 19.1 Å². The van der Waals surface area contributed by atoms with Gasteiger partial charge in [-0.15, -0.1) is 0 Å². The van der Waals surface area contributed by atoms with Crippen LogP contribution in [-0.2, 0) is 20.8 Å². The van der Waals surface area contributed by atoms with Crippen LogP contribution in [0.25, 0.3) is 0 Å². The molecule has 0 unspecified atom stereocenters. The lowest BCUT2D eigenvalue weighted by atomic mass is 10.1. The van der Waals surface area contributed by atoms with Gasteiger partial charge < -0.3 is 14.2 Å². The minimum Gasteiger partial charge on any atom is -0.366 e. The van der Waals surface area contributed by atoms with Gasteiger partial charge in [-0.3, -0.25) is 0 Å². The van der Waals surface area contributed by atoms with E-state index in [-0.39, 0.29) is 11.9 Å². The van der Waals surface area contributed by atoms with E-state index in [1.165, 1.54) is 11.1 Å². The first kappa shape index (κ1) is 14.5. The summed E-state index contributed by atoms with van der Waals surface area (Å²) in [6.07, 6.45) is 1.97. The number of hydrogen-bond acceptors (Lipinski definition) is 3. The zero-order valence-corrected chi connectivity index (χ0v) is 12.1. The molecule has 1 aromatic carbocycles. The van der Waals surface area contributed by atoms with Crippen molar-refractivity contribution >= 4 is 0 Å². The van der Waals surface area contributed by atoms with Crippen LogP contribution in [0.4, 0.5) is 0 Å². The molecular formula is C16H24O3. The Morgan fingerprint density at radius 1 is 1.26 bits per heavy atom. The van der Waals surface area contributed by atoms with Crippen LogP contribution in [-0.4, -0.2) is 25.1 Å². The monoisotopic (exact) mass is 264 g/mol. The van der Waals surface area contributed by atoms with Gasteiger partial charge in [0.25, 0.3) is 0 Å². The molecular weight excluding hydrogens is 240 g/mol. The second-order valence-electron chi connectivity index (χ2n) is 5.51. The molecule has 0 spiro atoms. The molecule has 1 aromatic rings. The molecule has 1 fully saturated rings. The van der Waals surface area contributed by atoms with E-state index in [2.05, 4.69) is 26.0 Å². The average Bonchev–Trinajstić information content (AvgIpc) is 2.41. The molecule has 106 valence electrons. The fourth-order valence-electron chi connectivity index (χ4n) is 2.14. The van der Waals surface area contributed by atoms with Crippen LogP contribution in [0.5, 0.6) is 0 Å². The van der Waals surface area contributed by atoms with E-state index >= 15 is 0 Å². The Kier molecular flexibility index (Phi) is 4.97. The van der Waals surface area contributed by atoms with Crippen LogP contribution < -0.4 is 0 Å². The summed E-state index contributed by atoms with van der Waals surface area (Å²) in [5, 5.41) is 0. The Labute approximate surface area is 115 Å². The standard InChI is InChI=1S/C16H24O3/c1-4-7-15-17-11-16(3,12-18-15)19-10-14-9-6-5-8-13(14)2/h5-6,8-9,15H,4,7,10-12H2,1-3H3/t15-,16+. The summed E-state index contributed by atoms with van der Waals surface area (Å²) >= 11 is 0. The first-order valence-electron chi connectivity index (χ1n) is 7.04. The minimum atomic E-state index is -0.341. The van der Waals surface area contributed by atoms with E-state index in [0.717, 1.165) is 12.8 Å². The number of benzene rings is 1. The van der Waals surface area contributed by atoms with E-state index in [9.17, 15) is 0 Å². The van der Waals surface area contributed by atoms with Crippen LogP contribution in [0, 0.1) is 6.92 Å². The molecule has 3 nitrogen and oxygen atoms in total. The molecule has 0 N–H and O–H groups in total. The molecule has 0 atom stereocenters. The summed E-state index contributed by atoms with van der Waals surface area (Å²) in [7, 11) is 0. The van der Waals surface area contributed by atoms with Crippen molar-refractivity contribution in [2.45, 2.75) is 52.1 Å². The summed E-state index contributed by atoms with van der Waals surface area (Å²) < 4.78 is 17.4. The van der Waals surface area contributed by atoms with E-state index in [0.29, 0.717) is 19.8 Å². The first-order valence-corrected chi connectivity index (χ1v) is 7.04. The third kappa shape index (κ3) is 4.03. The smallest absolute Gasteiger partial charge is 0.157 e. The Morgan fingerprint density at radius 2 is 1.95 bits per heavy atom. The molecule has 2 rings (SSSR count). The molecule has 3 heteroatoms. The van der Waals surface area contributed by atoms with Crippen molar-refractivity contribution in [1.29, 1.82) is 0 Å². The van der Waals surface area contributed by atoms with Crippen LogP contribution >= 0.6 is 0 Å². The van der Waals surface area contributed by atoms with Crippen molar-refractivity contribution < 1.29 is 14.2 Å². The molecule has 1 aliphatic heterocycles. The molecule has 1 saturated heterocycles. The minimum absolute atomic E-state index is 0.0554. The highest BCUT2D eigenvalue weighted by Gasteiger charge is 2.33. The molecule has 0 amide bonds. The average molecular weight is 264 g/mol. The van der Waals surface area contributed by atoms with Crippen LogP contribution in [0.2, 0.25) is 0 Å². The second-order valence-corrected chi connectivity index (χ2v) is 5.51. The van der Waals surface area contributed by atoms with Crippen molar-refractivity contribution in [3.63, 3.8) is 0 Å². The van der Waals surface area contributed by atoms with Crippen molar-refractivity contribution in [2.24, 2.45) is 0 Å². The van der Waals surface area contributed by atoms with Crippen LogP contribution in [0.1, 0.15) is 37.8 Å². The molecule has 0 saturated carbocycles. The molecule has 0 aliphatic carbocycles. The number of aryl methyl sites for hydroxylation is 1. The SMILES string of the molecule is CCC[C@H]1OC[C@@](C)(OCc2ccccc2C)CO1. The lowest BCUT2D eigenvalue weighted by Gasteiger charge is -2.37. The Balaban J connectivity index is 1.84. The lowest BCUT2D eigenvalue weighted by Crippen LogP contribution is -2.47. The highest BCUT2D eigenvalue weighted by atomic mass is 16.7. The predicted molar refractivity (Wildman–Crippen MR) is 75.0 cm³/mol. The van der Waals surface area contributed by atoms with Gasteiger partial charge in [0.05, 0.1) is 19.8 Å². The molecule has 1 aliphatic rings. The summed E-state index contributed by atoms with van der Waals surface area (Å²) in [5.41, 5.74) is 2.14. The fourth-order valence-corrected chi connectivity index (χ4v) is 2.14. The highest BCUT2D eigenvalue weighted by molar-refractivity contribution is 5.24. The third-order valence-corrected chi connectivity index (χ3v) is 3.51. The summed E-state index contributed by atoms with van der Waals surface area (Å²) in [6.45, 7) is 8.09. The van der Waals surface area contributed by atoms with Gasteiger partial charge >= 0.3 is 0 Å². The van der Waals surface area contributed by atoms with Crippen molar-refractivity contribution in [3.05, 3.63) is 35.4 Å². The van der Waals surface area contributed by atoms with Crippen molar-refractivity contribution in [2.75, 3.05) is 13.2 Å². The molecule has 0 bridgehead atoms. The topological polar surface area (TPSA) is 27.7 Å². The largest absolute Gasteiger partial charge is 0.366 e. The molecule has 0 radical (unpaired) electrons. The predicted octanol–water partition coefficient (Wildman–Crippen LogP) is 3.44. The maximum Gasteiger partial charge on any atom is 0.157 e. The van der Waals surface area contributed by atoms with Gasteiger partial charge in [0.2, 0.25) is 0 Å². The highest BCUT2D eigenvalue weighted by Crippen LogP contribution is 2.23. The number of hydrogen-bond donors (Lipinski definition) is 0. The Hall–Kier alpha value is -0.900. The normalized spacial score (nSPS) is 27.4. The lowest BCUT2D eigenvalue weighted by molar-refractivity contribution is -0.264. The first-order chi connectivity index (χ1) is 9.13. The summed E-state index contributed by atoms with van der Waals surface area (Å²) in [4.78, 5) is 0. The van der Waals surface area contributed by atoms with Crippen LogP contribution in [0.3, 0.4) is 0 Å². The molecule has 0 aromatic heterocycles. The summed E-state index contributed by atoms with van der Waals surface area (Å²) in [5.74, 6) is 0. The number of rotatable bonds is 5. The Bertz CT molecular complexity index is 395. The second kappa shape index (κ2) is 6.51. The van der Waals surface area contributed by atoms with Gasteiger partial charge in [0.15, 0.2) is 6.29 Å². The quantitative estimate of drug-likeness (QED) is 0.815. The van der Waals surface area contributed by atoms with E-state index < -0.39 is 0 Å². The van der Waals surface area contributed by atoms with Gasteiger partial charge in [-0.25, -0.2) is 0 Å². The van der Waals surface area contributed by atoms with E-state index in [4.69, 9.17) is 14.2 Å². The van der Waals surface area contributed by atoms with Crippen LogP contribution in [0.15, 0.2) is 24.3 Å². The van der Waals surface area contributed by atoms with Gasteiger partial charge in [-0.1, -0.05) is 37.6 Å². The Morgan fingerprint density at radius 3 is 2.58 bits per heavy atom. The molecule has 19 heavy (non-hydrogen) atoms. The van der Waals surface area contributed by atoms with Gasteiger partial charge in [0.1, 0.15) is 5.60 Å². The zero-order valence-electron chi connectivity index (χ0n) is 12.1. The number of ether oxygens (including phenoxy) is 3. The van der Waals surface area contributed by atoms with Gasteiger partial charge in [-0.05, 0) is 31.4 Å². The maximum absolute atomic E-state index is 6.01. The van der Waals surface area contributed by atoms with E-state index in [1.54, 1.807) is 0 Å². The van der Waals surface area contributed by atoms with Crippen molar-refractivity contribution in [1.82, 2.24) is 0 Å².